The van der Waals surface area contributed by atoms with E-state index in [1.54, 1.807) is 0 Å². The molecule has 0 heterocycles. The molecule has 0 amide bonds. The van der Waals surface area contributed by atoms with E-state index in [1.807, 2.05) is 6.92 Å². The smallest absolute Gasteiger partial charge is 0.305 e. The average molecular weight is 170 g/mol. The van der Waals surface area contributed by atoms with E-state index in [1.165, 1.54) is 25.7 Å². The number of carbonyl (C=O) groups excluding carboxylic acids is 1. The lowest BCUT2D eigenvalue weighted by molar-refractivity contribution is -0.145. The fourth-order valence-electron chi connectivity index (χ4n) is 1.66. The van der Waals surface area contributed by atoms with Crippen LogP contribution in [0.3, 0.4) is 0 Å². The van der Waals surface area contributed by atoms with Crippen LogP contribution in [-0.2, 0) is 9.53 Å². The number of esters is 1. The molecule has 1 aliphatic carbocycles. The summed E-state index contributed by atoms with van der Waals surface area (Å²) in [5.41, 5.74) is 0. The van der Waals surface area contributed by atoms with Crippen LogP contribution in [0.1, 0.15) is 45.4 Å². The second-order valence-corrected chi connectivity index (χ2v) is 3.58. The largest absolute Gasteiger partial charge is 0.465 e. The van der Waals surface area contributed by atoms with Gasteiger partial charge < -0.3 is 4.74 Å². The first kappa shape index (κ1) is 9.56. The molecule has 0 radical (unpaired) electrons. The molecular formula is C10H18O2. The molecule has 0 unspecified atom stereocenters. The van der Waals surface area contributed by atoms with Crippen LogP contribution in [0.25, 0.3) is 0 Å². The second-order valence-electron chi connectivity index (χ2n) is 3.58. The number of hydrogen-bond acceptors (Lipinski definition) is 2. The van der Waals surface area contributed by atoms with E-state index in [4.69, 9.17) is 4.74 Å². The summed E-state index contributed by atoms with van der Waals surface area (Å²) in [5, 5.41) is 0. The fourth-order valence-corrected chi connectivity index (χ4v) is 1.66. The van der Waals surface area contributed by atoms with Crippen molar-refractivity contribution in [1.82, 2.24) is 0 Å². The van der Waals surface area contributed by atoms with E-state index < -0.39 is 0 Å². The predicted molar refractivity (Wildman–Crippen MR) is 47.8 cm³/mol. The molecule has 2 heteroatoms. The van der Waals surface area contributed by atoms with Crippen LogP contribution in [0.4, 0.5) is 0 Å². The van der Waals surface area contributed by atoms with E-state index in [0.717, 1.165) is 6.42 Å². The van der Waals surface area contributed by atoms with E-state index in [-0.39, 0.29) is 5.97 Å². The summed E-state index contributed by atoms with van der Waals surface area (Å²) in [7, 11) is 0. The summed E-state index contributed by atoms with van der Waals surface area (Å²) in [6.45, 7) is 2.66. The van der Waals surface area contributed by atoms with E-state index in [0.29, 0.717) is 18.9 Å². The van der Waals surface area contributed by atoms with Gasteiger partial charge in [-0.25, -0.2) is 0 Å². The first-order valence-corrected chi connectivity index (χ1v) is 4.98. The highest BCUT2D eigenvalue weighted by molar-refractivity contribution is 5.69. The second kappa shape index (κ2) is 5.18. The summed E-state index contributed by atoms with van der Waals surface area (Å²) in [6.07, 6.45) is 6.60. The molecule has 0 saturated heterocycles. The molecule has 12 heavy (non-hydrogen) atoms. The number of carbonyl (C=O) groups is 1. The van der Waals surface area contributed by atoms with Gasteiger partial charge in [-0.2, -0.15) is 0 Å². The van der Waals surface area contributed by atoms with Crippen molar-refractivity contribution in [2.75, 3.05) is 6.61 Å². The Bertz CT molecular complexity index is 137. The van der Waals surface area contributed by atoms with Gasteiger partial charge in [-0.1, -0.05) is 19.8 Å². The van der Waals surface area contributed by atoms with Crippen molar-refractivity contribution in [1.29, 1.82) is 0 Å². The fraction of sp³-hybridized carbons (Fsp3) is 0.900. The molecule has 0 bridgehead atoms. The molecule has 0 aromatic heterocycles. The minimum Gasteiger partial charge on any atom is -0.465 e. The van der Waals surface area contributed by atoms with Gasteiger partial charge in [-0.05, 0) is 25.2 Å². The third kappa shape index (κ3) is 3.24. The minimum absolute atomic E-state index is 0.0237. The molecule has 0 N–H and O–H groups in total. The molecular weight excluding hydrogens is 152 g/mol. The standard InChI is InChI=1S/C10H18O2/c1-2-5-10(11)12-8-9-6-3-4-7-9/h9H,2-8H2,1H3. The first-order chi connectivity index (χ1) is 5.83. The molecule has 70 valence electrons. The van der Waals surface area contributed by atoms with Crippen molar-refractivity contribution in [2.45, 2.75) is 45.4 Å². The molecule has 2 nitrogen and oxygen atoms in total. The van der Waals surface area contributed by atoms with E-state index >= 15 is 0 Å². The van der Waals surface area contributed by atoms with Gasteiger partial charge in [-0.15, -0.1) is 0 Å². The molecule has 1 fully saturated rings. The van der Waals surface area contributed by atoms with Gasteiger partial charge in [-0.3, -0.25) is 4.79 Å². The lowest BCUT2D eigenvalue weighted by atomic mass is 10.1. The van der Waals surface area contributed by atoms with Crippen molar-refractivity contribution < 1.29 is 9.53 Å². The highest BCUT2D eigenvalue weighted by Crippen LogP contribution is 2.24. The van der Waals surface area contributed by atoms with Gasteiger partial charge >= 0.3 is 5.97 Å². The Labute approximate surface area is 74.3 Å². The predicted octanol–water partition coefficient (Wildman–Crippen LogP) is 2.52. The Balaban J connectivity index is 2.03. The van der Waals surface area contributed by atoms with E-state index in [9.17, 15) is 4.79 Å². The van der Waals surface area contributed by atoms with Crippen molar-refractivity contribution >= 4 is 5.97 Å². The number of rotatable bonds is 4. The van der Waals surface area contributed by atoms with Crippen molar-refractivity contribution in [2.24, 2.45) is 5.92 Å². The van der Waals surface area contributed by atoms with Crippen LogP contribution in [0.5, 0.6) is 0 Å². The Morgan fingerprint density at radius 2 is 2.08 bits per heavy atom. The van der Waals surface area contributed by atoms with Crippen LogP contribution >= 0.6 is 0 Å². The van der Waals surface area contributed by atoms with Gasteiger partial charge in [0.2, 0.25) is 0 Å². The van der Waals surface area contributed by atoms with Crippen molar-refractivity contribution in [3.63, 3.8) is 0 Å². The normalized spacial score (nSPS) is 18.1. The van der Waals surface area contributed by atoms with Crippen molar-refractivity contribution in [3.05, 3.63) is 0 Å². The maximum atomic E-state index is 11.0. The quantitative estimate of drug-likeness (QED) is 0.606. The molecule has 0 spiro atoms. The molecule has 1 saturated carbocycles. The zero-order chi connectivity index (χ0) is 8.81. The lowest BCUT2D eigenvalue weighted by Crippen LogP contribution is -2.11. The molecule has 0 aromatic rings. The summed E-state index contributed by atoms with van der Waals surface area (Å²) in [4.78, 5) is 11.0. The summed E-state index contributed by atoms with van der Waals surface area (Å²) >= 11 is 0. The zero-order valence-electron chi connectivity index (χ0n) is 7.84. The molecule has 0 aromatic carbocycles. The highest BCUT2D eigenvalue weighted by Gasteiger charge is 2.16. The van der Waals surface area contributed by atoms with Gasteiger partial charge in [0, 0.05) is 6.42 Å². The number of hydrogen-bond donors (Lipinski definition) is 0. The van der Waals surface area contributed by atoms with Crippen LogP contribution in [0.15, 0.2) is 0 Å². The Hall–Kier alpha value is -0.530. The zero-order valence-corrected chi connectivity index (χ0v) is 7.84. The minimum atomic E-state index is -0.0237. The number of ether oxygens (including phenoxy) is 1. The Kier molecular flexibility index (Phi) is 4.12. The Morgan fingerprint density at radius 1 is 1.42 bits per heavy atom. The topological polar surface area (TPSA) is 26.3 Å². The molecule has 0 aliphatic heterocycles. The van der Waals surface area contributed by atoms with Crippen LogP contribution < -0.4 is 0 Å². The van der Waals surface area contributed by atoms with Crippen molar-refractivity contribution in [3.8, 4) is 0 Å². The van der Waals surface area contributed by atoms with Gasteiger partial charge in [0.25, 0.3) is 0 Å². The molecule has 0 atom stereocenters. The first-order valence-electron chi connectivity index (χ1n) is 4.98. The summed E-state index contributed by atoms with van der Waals surface area (Å²) in [5.74, 6) is 0.634. The maximum absolute atomic E-state index is 11.0. The third-order valence-corrected chi connectivity index (χ3v) is 2.41. The molecule has 1 aliphatic rings. The van der Waals surface area contributed by atoms with Crippen LogP contribution in [-0.4, -0.2) is 12.6 Å². The SMILES string of the molecule is CCCC(=O)OCC1CCCC1. The monoisotopic (exact) mass is 170 g/mol. The summed E-state index contributed by atoms with van der Waals surface area (Å²) in [6, 6.07) is 0. The maximum Gasteiger partial charge on any atom is 0.305 e. The van der Waals surface area contributed by atoms with Gasteiger partial charge in [0.15, 0.2) is 0 Å². The lowest BCUT2D eigenvalue weighted by Gasteiger charge is -2.08. The summed E-state index contributed by atoms with van der Waals surface area (Å²) < 4.78 is 5.13. The Morgan fingerprint density at radius 3 is 2.67 bits per heavy atom. The average Bonchev–Trinajstić information content (AvgIpc) is 2.53. The van der Waals surface area contributed by atoms with E-state index in [2.05, 4.69) is 0 Å². The van der Waals surface area contributed by atoms with Crippen LogP contribution in [0, 0.1) is 5.92 Å². The van der Waals surface area contributed by atoms with Crippen LogP contribution in [0.2, 0.25) is 0 Å². The third-order valence-electron chi connectivity index (χ3n) is 2.41. The molecule has 1 rings (SSSR count). The van der Waals surface area contributed by atoms with Gasteiger partial charge in [0.1, 0.15) is 0 Å². The van der Waals surface area contributed by atoms with Gasteiger partial charge in [0.05, 0.1) is 6.61 Å². The highest BCUT2D eigenvalue weighted by atomic mass is 16.5.